The Labute approximate surface area is 286 Å². The van der Waals surface area contributed by atoms with Gasteiger partial charge in [-0.2, -0.15) is 0 Å². The van der Waals surface area contributed by atoms with Gasteiger partial charge < -0.3 is 38.3 Å². The fourth-order valence-corrected chi connectivity index (χ4v) is 13.9. The van der Waals surface area contributed by atoms with Gasteiger partial charge in [0.2, 0.25) is 0 Å². The van der Waals surface area contributed by atoms with Gasteiger partial charge in [0.05, 0.1) is 6.61 Å². The van der Waals surface area contributed by atoms with E-state index in [4.69, 9.17) is 14.2 Å². The Hall–Kier alpha value is -1.79. The Morgan fingerprint density at radius 2 is 1.46 bits per heavy atom. The number of rotatable bonds is 13. The third-order valence-electron chi connectivity index (χ3n) is 7.85. The Morgan fingerprint density at radius 1 is 0.800 bits per heavy atom. The van der Waals surface area contributed by atoms with E-state index in [2.05, 4.69) is 22.4 Å². The van der Waals surface area contributed by atoms with Crippen molar-refractivity contribution < 1.29 is 69.5 Å². The minimum Gasteiger partial charge on any atom is -0.770 e. The van der Waals surface area contributed by atoms with Gasteiger partial charge in [0.1, 0.15) is 18.3 Å². The van der Waals surface area contributed by atoms with Crippen molar-refractivity contribution in [3.8, 4) is 0 Å². The Balaban J connectivity index is 1.13. The average Bonchev–Trinajstić information content (AvgIpc) is 3.58. The average molecular weight is 796 g/mol. The number of fused-ring (bicyclic) bond motifs is 2. The number of hydrogen-bond acceptors (Lipinski definition) is 18. The quantitative estimate of drug-likeness (QED) is 0.242. The van der Waals surface area contributed by atoms with E-state index < -0.39 is 84.2 Å². The zero-order valence-electron chi connectivity index (χ0n) is 25.5. The standard InChI is InChI=1S/C26H32N2O17P4S/c29-21-12-13-28(26(30)27-21)24-23-22(41-25(42-23)18-11-10-16-6-4-5-7-17(16)14-18)20(40-24)15-39-46(31,32)43-47(33,34)44-48(35,36)45-49(37,38)50-19-8-2-1-3-9-19/h4-7,10-14,19-20,22-25H,1-3,8-9,15H2,(H,31,32)(H,33,34)(H,35,36)(H,37,38)(H,27,29,30)/p-4/t20-,22+,23?,24-,25?/m1/s1. The van der Waals surface area contributed by atoms with Crippen LogP contribution in [-0.4, -0.2) is 39.7 Å². The molecule has 6 rings (SSSR count). The summed E-state index contributed by atoms with van der Waals surface area (Å²) in [6.45, 7) is -6.26. The highest BCUT2D eigenvalue weighted by molar-refractivity contribution is 8.55. The van der Waals surface area contributed by atoms with E-state index in [1.54, 1.807) is 12.1 Å². The molecule has 24 heteroatoms. The van der Waals surface area contributed by atoms with Gasteiger partial charge in [-0.3, -0.25) is 36.9 Å². The second-order valence-electron chi connectivity index (χ2n) is 11.4. The number of ether oxygens (including phenoxy) is 3. The Kier molecular flexibility index (Phi) is 11.3. The van der Waals surface area contributed by atoms with Gasteiger partial charge >= 0.3 is 5.69 Å². The van der Waals surface area contributed by atoms with E-state index in [1.165, 1.54) is 0 Å². The predicted molar refractivity (Wildman–Crippen MR) is 166 cm³/mol. The van der Waals surface area contributed by atoms with Crippen molar-refractivity contribution in [1.29, 1.82) is 0 Å². The molecule has 1 aliphatic carbocycles. The van der Waals surface area contributed by atoms with Crippen LogP contribution in [0.25, 0.3) is 10.8 Å². The maximum absolute atomic E-state index is 12.6. The first-order valence-corrected chi connectivity index (χ1v) is 22.4. The second-order valence-corrected chi connectivity index (χ2v) is 20.1. The molecule has 0 radical (unpaired) electrons. The third-order valence-corrected chi connectivity index (χ3v) is 16.4. The number of aromatic amines is 1. The molecule has 0 spiro atoms. The van der Waals surface area contributed by atoms with Crippen LogP contribution < -0.4 is 30.8 Å². The second kappa shape index (κ2) is 14.9. The largest absolute Gasteiger partial charge is 0.770 e. The summed E-state index contributed by atoms with van der Waals surface area (Å²) in [7, 11) is -18.6. The monoisotopic (exact) mass is 796 g/mol. The number of phosphoric ester groups is 1. The summed E-state index contributed by atoms with van der Waals surface area (Å²) in [4.78, 5) is 75.5. The van der Waals surface area contributed by atoms with Crippen LogP contribution in [0.5, 0.6) is 0 Å². The van der Waals surface area contributed by atoms with Crippen LogP contribution in [0.1, 0.15) is 50.2 Å². The molecule has 2 aromatic carbocycles. The number of nitrogens with zero attached hydrogens (tertiary/aromatic N) is 1. The molecule has 3 aromatic rings. The first-order chi connectivity index (χ1) is 23.5. The number of benzene rings is 2. The van der Waals surface area contributed by atoms with E-state index in [9.17, 15) is 47.4 Å². The topological polar surface area (TPSA) is 280 Å². The van der Waals surface area contributed by atoms with Crippen molar-refractivity contribution in [2.75, 3.05) is 6.61 Å². The fourth-order valence-electron chi connectivity index (χ4n) is 5.79. The van der Waals surface area contributed by atoms with Gasteiger partial charge in [0.15, 0.2) is 19.3 Å². The number of aromatic nitrogens is 2. The molecule has 1 saturated carbocycles. The van der Waals surface area contributed by atoms with Gasteiger partial charge in [-0.15, -0.1) is 0 Å². The maximum atomic E-state index is 12.6. The van der Waals surface area contributed by atoms with Crippen LogP contribution in [-0.2, 0) is 49.9 Å². The van der Waals surface area contributed by atoms with Crippen LogP contribution in [0.2, 0.25) is 0 Å². The van der Waals surface area contributed by atoms with Crippen molar-refractivity contribution in [3.05, 3.63) is 81.1 Å². The van der Waals surface area contributed by atoms with Crippen molar-refractivity contribution in [3.63, 3.8) is 0 Å². The molecule has 3 aliphatic rings. The number of nitrogens with one attached hydrogen (secondary N) is 1. The van der Waals surface area contributed by atoms with Crippen LogP contribution in [0.3, 0.4) is 0 Å². The zero-order chi connectivity index (χ0) is 35.9. The summed E-state index contributed by atoms with van der Waals surface area (Å²) >= 11 is 0.195. The van der Waals surface area contributed by atoms with Crippen molar-refractivity contribution >= 4 is 52.4 Å². The summed E-state index contributed by atoms with van der Waals surface area (Å²) in [6, 6.07) is 13.8. The van der Waals surface area contributed by atoms with Gasteiger partial charge in [-0.1, -0.05) is 67.0 Å². The minimum atomic E-state index is -6.39. The lowest BCUT2D eigenvalue weighted by Crippen LogP contribution is -2.36. The Morgan fingerprint density at radius 3 is 2.18 bits per heavy atom. The summed E-state index contributed by atoms with van der Waals surface area (Å²) in [6.07, 6.45) is -1.67. The lowest BCUT2D eigenvalue weighted by molar-refractivity contribution is -0.251. The highest BCUT2D eigenvalue weighted by Crippen LogP contribution is 2.70. The number of H-pyrrole nitrogens is 1. The van der Waals surface area contributed by atoms with E-state index >= 15 is 0 Å². The molecule has 2 aliphatic heterocycles. The van der Waals surface area contributed by atoms with Crippen LogP contribution in [0, 0.1) is 0 Å². The molecule has 3 heterocycles. The molecule has 9 atom stereocenters. The van der Waals surface area contributed by atoms with Crippen LogP contribution in [0.4, 0.5) is 0 Å². The fraction of sp³-hybridized carbons (Fsp3) is 0.462. The Bertz CT molecular complexity index is 2040. The molecular weight excluding hydrogens is 768 g/mol. The number of phosphoric acid groups is 3. The smallest absolute Gasteiger partial charge is 0.330 e. The summed E-state index contributed by atoms with van der Waals surface area (Å²) in [5, 5.41) is 1.28. The first-order valence-electron chi connectivity index (χ1n) is 15.0. The molecule has 2 saturated heterocycles. The van der Waals surface area contributed by atoms with Crippen molar-refractivity contribution in [2.24, 2.45) is 0 Å². The maximum Gasteiger partial charge on any atom is 0.330 e. The molecule has 0 amide bonds. The normalized spacial score (nSPS) is 29.1. The van der Waals surface area contributed by atoms with E-state index in [1.807, 2.05) is 30.3 Å². The van der Waals surface area contributed by atoms with Crippen molar-refractivity contribution in [1.82, 2.24) is 9.55 Å². The molecule has 19 nitrogen and oxygen atoms in total. The predicted octanol–water partition coefficient (Wildman–Crippen LogP) is 2.08. The van der Waals surface area contributed by atoms with E-state index in [0.717, 1.165) is 34.0 Å². The summed E-state index contributed by atoms with van der Waals surface area (Å²) in [5.74, 6) is 0. The molecule has 274 valence electrons. The minimum absolute atomic E-state index is 0.195. The number of hydrogen-bond donors (Lipinski definition) is 1. The van der Waals surface area contributed by atoms with Crippen LogP contribution in [0.15, 0.2) is 64.3 Å². The van der Waals surface area contributed by atoms with E-state index in [0.29, 0.717) is 31.2 Å². The van der Waals surface area contributed by atoms with Gasteiger partial charge in [-0.25, -0.2) is 13.4 Å². The summed E-state index contributed by atoms with van der Waals surface area (Å²) < 4.78 is 84.2. The lowest BCUT2D eigenvalue weighted by Gasteiger charge is -2.37. The van der Waals surface area contributed by atoms with E-state index in [-0.39, 0.29) is 11.4 Å². The SMILES string of the molecule is O=c1ccn([C@@H]2O[C@H](COP(=O)([O-])OP(=O)([O-])OP(=O)([O-])OP(=O)([O-])SC3CCCCC3)[C@@H]3OC(c4ccc5ccccc5c4)OC32)c(=O)[nH]1. The third kappa shape index (κ3) is 9.41. The molecule has 1 N–H and O–H groups in total. The van der Waals surface area contributed by atoms with Gasteiger partial charge in [0.25, 0.3) is 29.0 Å². The molecule has 50 heavy (non-hydrogen) atoms. The lowest BCUT2D eigenvalue weighted by atomic mass is 10.0. The zero-order valence-corrected chi connectivity index (χ0v) is 29.9. The molecule has 1 aromatic heterocycles. The molecule has 3 fully saturated rings. The summed E-state index contributed by atoms with van der Waals surface area (Å²) in [5.41, 5.74) is -1.05. The molecule has 0 bridgehead atoms. The highest BCUT2D eigenvalue weighted by atomic mass is 32.7. The highest BCUT2D eigenvalue weighted by Gasteiger charge is 2.54. The van der Waals surface area contributed by atoms with Gasteiger partial charge in [0, 0.05) is 23.1 Å². The first kappa shape index (κ1) is 38.0. The molecule has 6 unspecified atom stereocenters. The molecular formula is C26H28N2O17P4S-4. The van der Waals surface area contributed by atoms with Crippen LogP contribution >= 0.6 is 41.6 Å². The van der Waals surface area contributed by atoms with Gasteiger partial charge in [-0.05, 0) is 29.7 Å². The van der Waals surface area contributed by atoms with Crippen molar-refractivity contribution in [2.45, 2.75) is 68.2 Å².